The number of aryl methyl sites for hydroxylation is 1. The standard InChI is InChI=1S/C31H41F2N5O3/c1-5-8-29(36-20-34)35-10-9-28(39)27(17-22-15-25(32)19-26(33)16-22)37-30(40)23-13-21(4)14-24(18-23)31(41)38(11-6-2)12-7-3/h13-16,18-19,27-28,39H,5-12,17H2,1-4H3,(H,35,36)(H,37,40)/t27-,28+/m0/s1. The molecule has 0 aromatic heterocycles. The molecule has 10 heteroatoms. The van der Waals surface area contributed by atoms with Gasteiger partial charge in [-0.1, -0.05) is 20.8 Å². The van der Waals surface area contributed by atoms with Gasteiger partial charge >= 0.3 is 0 Å². The number of hydrogen-bond donors (Lipinski definition) is 3. The summed E-state index contributed by atoms with van der Waals surface area (Å²) < 4.78 is 27.8. The molecule has 2 aromatic rings. The minimum absolute atomic E-state index is 0.0397. The van der Waals surface area contributed by atoms with Crippen molar-refractivity contribution in [1.29, 1.82) is 5.26 Å². The Kier molecular flexibility index (Phi) is 13.9. The van der Waals surface area contributed by atoms with Gasteiger partial charge < -0.3 is 15.3 Å². The molecule has 0 unspecified atom stereocenters. The van der Waals surface area contributed by atoms with E-state index in [1.54, 1.807) is 24.0 Å². The fraction of sp³-hybridized carbons (Fsp3) is 0.484. The minimum Gasteiger partial charge on any atom is -0.391 e. The number of aliphatic hydroxyl groups excluding tert-OH is 1. The molecule has 0 bridgehead atoms. The molecule has 0 aliphatic heterocycles. The summed E-state index contributed by atoms with van der Waals surface area (Å²) >= 11 is 0. The zero-order valence-electron chi connectivity index (χ0n) is 24.3. The van der Waals surface area contributed by atoms with Crippen LogP contribution >= 0.6 is 0 Å². The number of aliphatic imine (C=N–C) groups is 1. The Bertz CT molecular complexity index is 1220. The van der Waals surface area contributed by atoms with Gasteiger partial charge in [0.15, 0.2) is 6.19 Å². The van der Waals surface area contributed by atoms with Crippen molar-refractivity contribution in [3.05, 3.63) is 70.3 Å². The highest BCUT2D eigenvalue weighted by Crippen LogP contribution is 2.17. The fourth-order valence-corrected chi connectivity index (χ4v) is 4.61. The number of carbonyl (C=O) groups is 2. The van der Waals surface area contributed by atoms with E-state index in [-0.39, 0.29) is 36.4 Å². The van der Waals surface area contributed by atoms with E-state index in [0.29, 0.717) is 30.9 Å². The zero-order valence-corrected chi connectivity index (χ0v) is 24.3. The second kappa shape index (κ2) is 17.1. The first-order chi connectivity index (χ1) is 19.6. The summed E-state index contributed by atoms with van der Waals surface area (Å²) in [5, 5.41) is 25.3. The highest BCUT2D eigenvalue weighted by molar-refractivity contribution is 6.00. The maximum absolute atomic E-state index is 13.9. The van der Waals surface area contributed by atoms with Crippen LogP contribution in [-0.4, -0.2) is 59.4 Å². The van der Waals surface area contributed by atoms with Gasteiger partial charge in [0.2, 0.25) is 0 Å². The SMILES string of the molecule is CCCC(=NCC[C@@H](O)[C@H](Cc1cc(F)cc(F)c1)NC(=O)c1cc(C)cc(C(=O)N(CCC)CCC)c1)NC#N. The molecule has 3 N–H and O–H groups in total. The van der Waals surface area contributed by atoms with Crippen molar-refractivity contribution in [2.45, 2.75) is 78.4 Å². The molecule has 8 nitrogen and oxygen atoms in total. The molecule has 2 atom stereocenters. The van der Waals surface area contributed by atoms with Crippen molar-refractivity contribution in [2.24, 2.45) is 4.99 Å². The Labute approximate surface area is 241 Å². The molecular formula is C31H41F2N5O3. The summed E-state index contributed by atoms with van der Waals surface area (Å²) in [5.41, 5.74) is 1.62. The molecule has 2 rings (SSSR count). The van der Waals surface area contributed by atoms with E-state index in [4.69, 9.17) is 5.26 Å². The van der Waals surface area contributed by atoms with Gasteiger partial charge in [0.05, 0.1) is 12.1 Å². The molecule has 0 heterocycles. The summed E-state index contributed by atoms with van der Waals surface area (Å²) in [6, 6.07) is 7.07. The second-order valence-electron chi connectivity index (χ2n) is 10.1. The van der Waals surface area contributed by atoms with Crippen LogP contribution in [0.25, 0.3) is 0 Å². The van der Waals surface area contributed by atoms with Gasteiger partial charge in [-0.05, 0) is 80.5 Å². The van der Waals surface area contributed by atoms with Gasteiger partial charge in [-0.25, -0.2) is 8.78 Å². The number of nitriles is 1. The molecule has 0 spiro atoms. The number of nitrogens with one attached hydrogen (secondary N) is 2. The summed E-state index contributed by atoms with van der Waals surface area (Å²) in [7, 11) is 0. The monoisotopic (exact) mass is 569 g/mol. The number of nitrogens with zero attached hydrogens (tertiary/aromatic N) is 3. The number of aliphatic hydroxyl groups is 1. The normalized spacial score (nSPS) is 12.8. The average Bonchev–Trinajstić information content (AvgIpc) is 2.91. The topological polar surface area (TPSA) is 118 Å². The van der Waals surface area contributed by atoms with Gasteiger partial charge in [0, 0.05) is 43.2 Å². The van der Waals surface area contributed by atoms with Crippen LogP contribution in [-0.2, 0) is 6.42 Å². The lowest BCUT2D eigenvalue weighted by atomic mass is 9.98. The van der Waals surface area contributed by atoms with Crippen molar-refractivity contribution in [2.75, 3.05) is 19.6 Å². The molecule has 2 amide bonds. The summed E-state index contributed by atoms with van der Waals surface area (Å²) in [6.45, 7) is 9.11. The average molecular weight is 570 g/mol. The zero-order chi connectivity index (χ0) is 30.4. The Morgan fingerprint density at radius 1 is 1.00 bits per heavy atom. The first kappa shape index (κ1) is 33.4. The highest BCUT2D eigenvalue weighted by atomic mass is 19.1. The number of amides is 2. The molecule has 0 saturated carbocycles. The summed E-state index contributed by atoms with van der Waals surface area (Å²) in [4.78, 5) is 32.7. The number of benzene rings is 2. The van der Waals surface area contributed by atoms with E-state index in [1.807, 2.05) is 27.0 Å². The Morgan fingerprint density at radius 2 is 1.63 bits per heavy atom. The van der Waals surface area contributed by atoms with Crippen molar-refractivity contribution < 1.29 is 23.5 Å². The van der Waals surface area contributed by atoms with E-state index >= 15 is 0 Å². The predicted octanol–water partition coefficient (Wildman–Crippen LogP) is 4.90. The lowest BCUT2D eigenvalue weighted by molar-refractivity contribution is 0.0755. The fourth-order valence-electron chi connectivity index (χ4n) is 4.61. The van der Waals surface area contributed by atoms with Crippen LogP contribution in [0.5, 0.6) is 0 Å². The van der Waals surface area contributed by atoms with Crippen LogP contribution in [0.1, 0.15) is 84.7 Å². The molecule has 222 valence electrons. The van der Waals surface area contributed by atoms with E-state index in [9.17, 15) is 23.5 Å². The van der Waals surface area contributed by atoms with Gasteiger partial charge in [-0.15, -0.1) is 0 Å². The quantitative estimate of drug-likeness (QED) is 0.122. The lowest BCUT2D eigenvalue weighted by Gasteiger charge is -2.25. The maximum Gasteiger partial charge on any atom is 0.253 e. The third-order valence-corrected chi connectivity index (χ3v) is 6.43. The first-order valence-corrected chi connectivity index (χ1v) is 14.1. The Hall–Kier alpha value is -3.84. The van der Waals surface area contributed by atoms with E-state index in [1.165, 1.54) is 6.07 Å². The molecular weight excluding hydrogens is 528 g/mol. The van der Waals surface area contributed by atoms with Crippen molar-refractivity contribution in [3.8, 4) is 6.19 Å². The highest BCUT2D eigenvalue weighted by Gasteiger charge is 2.24. The first-order valence-electron chi connectivity index (χ1n) is 14.1. The van der Waals surface area contributed by atoms with Crippen LogP contribution in [0.4, 0.5) is 8.78 Å². The molecule has 41 heavy (non-hydrogen) atoms. The minimum atomic E-state index is -1.12. The lowest BCUT2D eigenvalue weighted by Crippen LogP contribution is -2.45. The van der Waals surface area contributed by atoms with Gasteiger partial charge in [-0.2, -0.15) is 5.26 Å². The number of carbonyl (C=O) groups excluding carboxylic acids is 2. The smallest absolute Gasteiger partial charge is 0.253 e. The van der Waals surface area contributed by atoms with Gasteiger partial charge in [0.1, 0.15) is 17.5 Å². The summed E-state index contributed by atoms with van der Waals surface area (Å²) in [6.07, 6.45) is 3.77. The second-order valence-corrected chi connectivity index (χ2v) is 10.1. The van der Waals surface area contributed by atoms with E-state index in [2.05, 4.69) is 15.6 Å². The molecule has 0 saturated heterocycles. The van der Waals surface area contributed by atoms with Crippen LogP contribution < -0.4 is 10.6 Å². The molecule has 0 aliphatic rings. The maximum atomic E-state index is 13.9. The number of amidine groups is 1. The number of rotatable bonds is 15. The number of halogens is 2. The van der Waals surface area contributed by atoms with Crippen LogP contribution in [0.15, 0.2) is 41.4 Å². The third-order valence-electron chi connectivity index (χ3n) is 6.43. The molecule has 2 aromatic carbocycles. The third kappa shape index (κ3) is 10.9. The van der Waals surface area contributed by atoms with Crippen LogP contribution in [0.2, 0.25) is 0 Å². The Balaban J connectivity index is 2.32. The molecule has 0 radical (unpaired) electrons. The van der Waals surface area contributed by atoms with Crippen LogP contribution in [0, 0.1) is 30.0 Å². The molecule has 0 fully saturated rings. The van der Waals surface area contributed by atoms with E-state index in [0.717, 1.165) is 43.0 Å². The van der Waals surface area contributed by atoms with Crippen molar-refractivity contribution >= 4 is 17.6 Å². The van der Waals surface area contributed by atoms with Crippen LogP contribution in [0.3, 0.4) is 0 Å². The number of hydrogen-bond acceptors (Lipinski definition) is 5. The molecule has 0 aliphatic carbocycles. The van der Waals surface area contributed by atoms with Gasteiger partial charge in [0.25, 0.3) is 11.8 Å². The summed E-state index contributed by atoms with van der Waals surface area (Å²) in [5.74, 6) is -1.72. The van der Waals surface area contributed by atoms with Gasteiger partial charge in [-0.3, -0.25) is 19.9 Å². The Morgan fingerprint density at radius 3 is 2.22 bits per heavy atom. The predicted molar refractivity (Wildman–Crippen MR) is 156 cm³/mol. The van der Waals surface area contributed by atoms with Crippen molar-refractivity contribution in [1.82, 2.24) is 15.5 Å². The largest absolute Gasteiger partial charge is 0.391 e. The van der Waals surface area contributed by atoms with E-state index < -0.39 is 29.7 Å². The van der Waals surface area contributed by atoms with Crippen molar-refractivity contribution in [3.63, 3.8) is 0 Å².